The zero-order valence-electron chi connectivity index (χ0n) is 8.88. The summed E-state index contributed by atoms with van der Waals surface area (Å²) in [5.41, 5.74) is -2.58. The summed E-state index contributed by atoms with van der Waals surface area (Å²) in [6, 6.07) is 0. The fraction of sp³-hybridized carbons (Fsp3) is 0.600. The van der Waals surface area contributed by atoms with Crippen LogP contribution in [0, 0.1) is 0 Å². The molecule has 94 valence electrons. The van der Waals surface area contributed by atoms with Crippen LogP contribution in [0.4, 0.5) is 13.2 Å². The van der Waals surface area contributed by atoms with Crippen molar-refractivity contribution < 1.29 is 17.9 Å². The van der Waals surface area contributed by atoms with Crippen LogP contribution in [-0.2, 0) is 6.18 Å². The van der Waals surface area contributed by atoms with Gasteiger partial charge in [0.2, 0.25) is 0 Å². The van der Waals surface area contributed by atoms with Gasteiger partial charge in [0, 0.05) is 0 Å². The minimum absolute atomic E-state index is 0.250. The minimum Gasteiger partial charge on any atom is -0.488 e. The van der Waals surface area contributed by atoms with Crippen molar-refractivity contribution in [1.29, 1.82) is 0 Å². The molecule has 0 unspecified atom stereocenters. The van der Waals surface area contributed by atoms with E-state index < -0.39 is 23.0 Å². The third kappa shape index (κ3) is 2.59. The van der Waals surface area contributed by atoms with Crippen LogP contribution in [0.3, 0.4) is 0 Å². The van der Waals surface area contributed by atoms with E-state index in [0.717, 1.165) is 19.0 Å². The molecule has 1 aliphatic rings. The molecule has 0 aromatic carbocycles. The third-order valence-corrected chi connectivity index (χ3v) is 2.70. The molecule has 0 saturated heterocycles. The van der Waals surface area contributed by atoms with E-state index in [1.54, 1.807) is 5.10 Å². The lowest BCUT2D eigenvalue weighted by Crippen LogP contribution is -2.25. The van der Waals surface area contributed by atoms with Crippen molar-refractivity contribution in [2.45, 2.75) is 38.0 Å². The Morgan fingerprint density at radius 3 is 2.59 bits per heavy atom. The zero-order chi connectivity index (χ0) is 12.5. The summed E-state index contributed by atoms with van der Waals surface area (Å²) >= 11 is 0. The Balaban J connectivity index is 2.32. The number of nitrogens with one attached hydrogen (secondary N) is 1. The Kier molecular flexibility index (Phi) is 3.08. The molecular weight excluding hydrogens is 237 g/mol. The Morgan fingerprint density at radius 1 is 1.35 bits per heavy atom. The molecule has 1 aromatic heterocycles. The Bertz CT molecular complexity index is 450. The number of hydrogen-bond donors (Lipinski definition) is 1. The molecule has 0 aliphatic heterocycles. The maximum atomic E-state index is 12.7. The molecule has 1 heterocycles. The summed E-state index contributed by atoms with van der Waals surface area (Å²) in [6.07, 6.45) is -0.786. The molecule has 4 nitrogen and oxygen atoms in total. The molecule has 1 fully saturated rings. The van der Waals surface area contributed by atoms with Crippen molar-refractivity contribution in [2.24, 2.45) is 0 Å². The van der Waals surface area contributed by atoms with Crippen molar-refractivity contribution in [1.82, 2.24) is 10.2 Å². The van der Waals surface area contributed by atoms with Gasteiger partial charge in [-0.1, -0.05) is 0 Å². The third-order valence-electron chi connectivity index (χ3n) is 2.70. The highest BCUT2D eigenvalue weighted by Gasteiger charge is 2.38. The van der Waals surface area contributed by atoms with E-state index in [4.69, 9.17) is 4.74 Å². The molecule has 1 N–H and O–H groups in total. The number of alkyl halides is 3. The number of ether oxygens (including phenoxy) is 1. The first-order chi connectivity index (χ1) is 7.98. The van der Waals surface area contributed by atoms with Crippen molar-refractivity contribution in [3.8, 4) is 5.75 Å². The van der Waals surface area contributed by atoms with Crippen LogP contribution in [-0.4, -0.2) is 16.3 Å². The van der Waals surface area contributed by atoms with Crippen LogP contribution in [0.15, 0.2) is 11.0 Å². The number of H-pyrrole nitrogens is 1. The van der Waals surface area contributed by atoms with Gasteiger partial charge in [-0.25, -0.2) is 5.10 Å². The predicted molar refractivity (Wildman–Crippen MR) is 52.7 cm³/mol. The van der Waals surface area contributed by atoms with Gasteiger partial charge >= 0.3 is 6.18 Å². The Labute approximate surface area is 94.8 Å². The van der Waals surface area contributed by atoms with E-state index in [2.05, 4.69) is 5.10 Å². The standard InChI is InChI=1S/C10H11F3N2O2/c11-10(12,13)8-7(5-14-15-9(8)16)17-6-3-1-2-4-6/h5-6H,1-4H2,(H,15,16). The molecule has 1 saturated carbocycles. The maximum absolute atomic E-state index is 12.7. The monoisotopic (exact) mass is 248 g/mol. The van der Waals surface area contributed by atoms with Crippen LogP contribution in [0.2, 0.25) is 0 Å². The minimum atomic E-state index is -4.73. The lowest BCUT2D eigenvalue weighted by Gasteiger charge is -2.16. The van der Waals surface area contributed by atoms with E-state index in [9.17, 15) is 18.0 Å². The molecule has 1 aliphatic carbocycles. The molecule has 2 rings (SSSR count). The highest BCUT2D eigenvalue weighted by Crippen LogP contribution is 2.34. The maximum Gasteiger partial charge on any atom is 0.425 e. The fourth-order valence-electron chi connectivity index (χ4n) is 1.93. The van der Waals surface area contributed by atoms with Crippen LogP contribution >= 0.6 is 0 Å². The van der Waals surface area contributed by atoms with Gasteiger partial charge in [-0.2, -0.15) is 18.3 Å². The number of aromatic amines is 1. The van der Waals surface area contributed by atoms with Crippen LogP contribution in [0.25, 0.3) is 0 Å². The molecule has 0 bridgehead atoms. The largest absolute Gasteiger partial charge is 0.488 e. The first-order valence-corrected chi connectivity index (χ1v) is 5.30. The smallest absolute Gasteiger partial charge is 0.425 e. The molecular formula is C10H11F3N2O2. The topological polar surface area (TPSA) is 55.0 Å². The van der Waals surface area contributed by atoms with Gasteiger partial charge in [-0.05, 0) is 25.7 Å². The number of aromatic nitrogens is 2. The highest BCUT2D eigenvalue weighted by atomic mass is 19.4. The number of rotatable bonds is 2. The molecule has 0 atom stereocenters. The SMILES string of the molecule is O=c1[nH]ncc(OC2CCCC2)c1C(F)(F)F. The van der Waals surface area contributed by atoms with E-state index in [1.165, 1.54) is 0 Å². The number of nitrogens with zero attached hydrogens (tertiary/aromatic N) is 1. The summed E-state index contributed by atoms with van der Waals surface area (Å²) in [5.74, 6) is -0.479. The van der Waals surface area contributed by atoms with E-state index in [-0.39, 0.29) is 6.10 Å². The summed E-state index contributed by atoms with van der Waals surface area (Å²) < 4.78 is 43.2. The zero-order valence-corrected chi connectivity index (χ0v) is 8.88. The van der Waals surface area contributed by atoms with Gasteiger partial charge in [0.05, 0.1) is 12.3 Å². The van der Waals surface area contributed by atoms with Gasteiger partial charge in [0.15, 0.2) is 11.3 Å². The van der Waals surface area contributed by atoms with Crippen molar-refractivity contribution in [2.75, 3.05) is 0 Å². The molecule has 1 aromatic rings. The Hall–Kier alpha value is -1.53. The van der Waals surface area contributed by atoms with Gasteiger partial charge in [0.1, 0.15) is 0 Å². The average molecular weight is 248 g/mol. The molecule has 0 amide bonds. The lowest BCUT2D eigenvalue weighted by molar-refractivity contribution is -0.140. The van der Waals surface area contributed by atoms with Gasteiger partial charge in [0.25, 0.3) is 5.56 Å². The van der Waals surface area contributed by atoms with Crippen molar-refractivity contribution in [3.05, 3.63) is 22.1 Å². The number of hydrogen-bond acceptors (Lipinski definition) is 3. The van der Waals surface area contributed by atoms with E-state index in [0.29, 0.717) is 12.8 Å². The van der Waals surface area contributed by atoms with Crippen LogP contribution in [0.5, 0.6) is 5.75 Å². The first-order valence-electron chi connectivity index (χ1n) is 5.30. The lowest BCUT2D eigenvalue weighted by atomic mass is 10.2. The van der Waals surface area contributed by atoms with Crippen molar-refractivity contribution >= 4 is 0 Å². The first kappa shape index (κ1) is 11.9. The molecule has 7 heteroatoms. The van der Waals surface area contributed by atoms with Crippen molar-refractivity contribution in [3.63, 3.8) is 0 Å². The Morgan fingerprint density at radius 2 is 2.00 bits per heavy atom. The van der Waals surface area contributed by atoms with Gasteiger partial charge in [-0.3, -0.25) is 4.79 Å². The molecule has 0 spiro atoms. The van der Waals surface area contributed by atoms with Gasteiger partial charge < -0.3 is 4.74 Å². The van der Waals surface area contributed by atoms with Crippen LogP contribution < -0.4 is 10.3 Å². The predicted octanol–water partition coefficient (Wildman–Crippen LogP) is 2.11. The summed E-state index contributed by atoms with van der Waals surface area (Å²) in [4.78, 5) is 11.1. The number of halogens is 3. The molecule has 17 heavy (non-hydrogen) atoms. The normalized spacial score (nSPS) is 17.4. The summed E-state index contributed by atoms with van der Waals surface area (Å²) in [7, 11) is 0. The quantitative estimate of drug-likeness (QED) is 0.872. The van der Waals surface area contributed by atoms with E-state index >= 15 is 0 Å². The summed E-state index contributed by atoms with van der Waals surface area (Å²) in [6.45, 7) is 0. The van der Waals surface area contributed by atoms with Crippen LogP contribution in [0.1, 0.15) is 31.2 Å². The highest BCUT2D eigenvalue weighted by molar-refractivity contribution is 5.30. The second-order valence-electron chi connectivity index (χ2n) is 3.96. The fourth-order valence-corrected chi connectivity index (χ4v) is 1.93. The second-order valence-corrected chi connectivity index (χ2v) is 3.96. The second kappa shape index (κ2) is 4.38. The summed E-state index contributed by atoms with van der Waals surface area (Å²) in [5, 5.41) is 5.10. The molecule has 0 radical (unpaired) electrons. The average Bonchev–Trinajstić information content (AvgIpc) is 2.68. The van der Waals surface area contributed by atoms with E-state index in [1.807, 2.05) is 0 Å². The van der Waals surface area contributed by atoms with Gasteiger partial charge in [-0.15, -0.1) is 0 Å².